The lowest BCUT2D eigenvalue weighted by Gasteiger charge is -2.07. The first-order chi connectivity index (χ1) is 10.1. The van der Waals surface area contributed by atoms with Crippen molar-refractivity contribution >= 4 is 5.69 Å². The van der Waals surface area contributed by atoms with Gasteiger partial charge in [0.15, 0.2) is 5.75 Å². The number of nitro groups is 1. The van der Waals surface area contributed by atoms with E-state index in [9.17, 15) is 10.1 Å². The molecule has 0 saturated heterocycles. The topological polar surface area (TPSA) is 82.2 Å². The van der Waals surface area contributed by atoms with Gasteiger partial charge in [-0.15, -0.1) is 0 Å². The highest BCUT2D eigenvalue weighted by atomic mass is 16.6. The summed E-state index contributed by atoms with van der Waals surface area (Å²) in [5, 5.41) is 18.2. The minimum Gasteiger partial charge on any atom is -0.490 e. The molecule has 1 aromatic heterocycles. The average Bonchev–Trinajstić information content (AvgIpc) is 2.88. The van der Waals surface area contributed by atoms with Gasteiger partial charge >= 0.3 is 5.69 Å². The van der Waals surface area contributed by atoms with Crippen LogP contribution in [0.4, 0.5) is 5.69 Å². The number of aryl methyl sites for hydroxylation is 1. The molecule has 0 amide bonds. The SMILES string of the molecule is COc1cc(CNCCc2cnn(C)c2)ccc1[N+](=O)[O-]. The summed E-state index contributed by atoms with van der Waals surface area (Å²) in [4.78, 5) is 10.4. The number of nitrogens with zero attached hydrogens (tertiary/aromatic N) is 3. The molecule has 0 aliphatic rings. The molecule has 0 radical (unpaired) electrons. The van der Waals surface area contributed by atoms with Crippen LogP contribution in [0.1, 0.15) is 11.1 Å². The largest absolute Gasteiger partial charge is 0.490 e. The number of hydrogen-bond donors (Lipinski definition) is 1. The van der Waals surface area contributed by atoms with Crippen LogP contribution in [0.5, 0.6) is 5.75 Å². The maximum Gasteiger partial charge on any atom is 0.310 e. The molecule has 112 valence electrons. The predicted molar refractivity (Wildman–Crippen MR) is 78.3 cm³/mol. The third kappa shape index (κ3) is 4.03. The van der Waals surface area contributed by atoms with Gasteiger partial charge in [-0.05, 0) is 30.2 Å². The van der Waals surface area contributed by atoms with Crippen LogP contribution in [-0.2, 0) is 20.0 Å². The summed E-state index contributed by atoms with van der Waals surface area (Å²) in [6.45, 7) is 1.44. The van der Waals surface area contributed by atoms with Crippen LogP contribution in [0.2, 0.25) is 0 Å². The zero-order valence-corrected chi connectivity index (χ0v) is 12.1. The van der Waals surface area contributed by atoms with E-state index in [4.69, 9.17) is 4.74 Å². The number of aromatic nitrogens is 2. The highest BCUT2D eigenvalue weighted by Gasteiger charge is 2.14. The van der Waals surface area contributed by atoms with Crippen LogP contribution in [0.25, 0.3) is 0 Å². The van der Waals surface area contributed by atoms with Gasteiger partial charge in [-0.25, -0.2) is 0 Å². The van der Waals surface area contributed by atoms with Gasteiger partial charge in [-0.3, -0.25) is 14.8 Å². The quantitative estimate of drug-likeness (QED) is 0.476. The zero-order chi connectivity index (χ0) is 15.2. The molecule has 21 heavy (non-hydrogen) atoms. The van der Waals surface area contributed by atoms with Crippen molar-refractivity contribution in [3.8, 4) is 5.75 Å². The number of nitrogens with one attached hydrogen (secondary N) is 1. The van der Waals surface area contributed by atoms with Gasteiger partial charge in [-0.2, -0.15) is 5.10 Å². The summed E-state index contributed by atoms with van der Waals surface area (Å²) in [6.07, 6.45) is 4.71. The number of nitro benzene ring substituents is 1. The van der Waals surface area contributed by atoms with Crippen molar-refractivity contribution < 1.29 is 9.66 Å². The highest BCUT2D eigenvalue weighted by molar-refractivity contribution is 5.48. The molecule has 0 aliphatic heterocycles. The van der Waals surface area contributed by atoms with Gasteiger partial charge in [0.2, 0.25) is 0 Å². The summed E-state index contributed by atoms with van der Waals surface area (Å²) in [6, 6.07) is 4.89. The Hall–Kier alpha value is -2.41. The van der Waals surface area contributed by atoms with Crippen molar-refractivity contribution in [2.75, 3.05) is 13.7 Å². The van der Waals surface area contributed by atoms with Gasteiger partial charge in [0.05, 0.1) is 18.2 Å². The van der Waals surface area contributed by atoms with E-state index in [0.29, 0.717) is 6.54 Å². The molecule has 7 nitrogen and oxygen atoms in total. The Morgan fingerprint density at radius 3 is 2.86 bits per heavy atom. The van der Waals surface area contributed by atoms with Gasteiger partial charge in [0.25, 0.3) is 0 Å². The van der Waals surface area contributed by atoms with Crippen LogP contribution >= 0.6 is 0 Å². The Morgan fingerprint density at radius 2 is 2.24 bits per heavy atom. The Labute approximate surface area is 122 Å². The first-order valence-corrected chi connectivity index (χ1v) is 6.59. The molecule has 1 heterocycles. The molecular formula is C14H18N4O3. The maximum atomic E-state index is 10.8. The van der Waals surface area contributed by atoms with Crippen molar-refractivity contribution in [1.29, 1.82) is 0 Å². The van der Waals surface area contributed by atoms with Crippen molar-refractivity contribution in [3.63, 3.8) is 0 Å². The second kappa shape index (κ2) is 6.85. The first kappa shape index (κ1) is 15.0. The maximum absolute atomic E-state index is 10.8. The van der Waals surface area contributed by atoms with E-state index >= 15 is 0 Å². The summed E-state index contributed by atoms with van der Waals surface area (Å²) in [5.41, 5.74) is 2.10. The highest BCUT2D eigenvalue weighted by Crippen LogP contribution is 2.27. The van der Waals surface area contributed by atoms with Crippen LogP contribution < -0.4 is 10.1 Å². The smallest absolute Gasteiger partial charge is 0.310 e. The molecule has 0 saturated carbocycles. The minimum atomic E-state index is -0.446. The summed E-state index contributed by atoms with van der Waals surface area (Å²) >= 11 is 0. The van der Waals surface area contributed by atoms with E-state index in [1.54, 1.807) is 16.8 Å². The number of benzene rings is 1. The van der Waals surface area contributed by atoms with Crippen LogP contribution in [0.15, 0.2) is 30.6 Å². The van der Waals surface area contributed by atoms with E-state index < -0.39 is 4.92 Å². The Balaban J connectivity index is 1.87. The number of ether oxygens (including phenoxy) is 1. The molecule has 1 N–H and O–H groups in total. The first-order valence-electron chi connectivity index (χ1n) is 6.59. The Kier molecular flexibility index (Phi) is 4.89. The molecule has 2 rings (SSSR count). The Morgan fingerprint density at radius 1 is 1.43 bits per heavy atom. The molecule has 7 heteroatoms. The molecule has 0 spiro atoms. The van der Waals surface area contributed by atoms with Gasteiger partial charge in [-0.1, -0.05) is 6.07 Å². The normalized spacial score (nSPS) is 10.6. The molecule has 2 aromatic rings. The monoisotopic (exact) mass is 290 g/mol. The van der Waals surface area contributed by atoms with E-state index in [-0.39, 0.29) is 11.4 Å². The fourth-order valence-corrected chi connectivity index (χ4v) is 2.05. The van der Waals surface area contributed by atoms with Gasteiger partial charge in [0, 0.05) is 25.9 Å². The third-order valence-corrected chi connectivity index (χ3v) is 3.12. The third-order valence-electron chi connectivity index (χ3n) is 3.12. The van der Waals surface area contributed by atoms with Crippen molar-refractivity contribution in [1.82, 2.24) is 15.1 Å². The van der Waals surface area contributed by atoms with E-state index in [1.165, 1.54) is 18.7 Å². The van der Waals surface area contributed by atoms with Crippen molar-refractivity contribution in [2.24, 2.45) is 7.05 Å². The molecule has 0 bridgehead atoms. The fraction of sp³-hybridized carbons (Fsp3) is 0.357. The fourth-order valence-electron chi connectivity index (χ4n) is 2.05. The average molecular weight is 290 g/mol. The Bertz CT molecular complexity index is 624. The number of methoxy groups -OCH3 is 1. The standard InChI is InChI=1S/C14H18N4O3/c1-17-10-12(9-16-17)5-6-15-8-11-3-4-13(18(19)20)14(7-11)21-2/h3-4,7,9-10,15H,5-6,8H2,1-2H3. The minimum absolute atomic E-state index is 0.0170. The summed E-state index contributed by atoms with van der Waals surface area (Å²) < 4.78 is 6.82. The molecule has 1 aromatic carbocycles. The van der Waals surface area contributed by atoms with Crippen LogP contribution in [0, 0.1) is 10.1 Å². The van der Waals surface area contributed by atoms with Gasteiger partial charge in [0.1, 0.15) is 0 Å². The second-order valence-corrected chi connectivity index (χ2v) is 4.71. The van der Waals surface area contributed by atoms with E-state index in [0.717, 1.165) is 18.5 Å². The lowest BCUT2D eigenvalue weighted by atomic mass is 10.2. The molecular weight excluding hydrogens is 272 g/mol. The van der Waals surface area contributed by atoms with E-state index in [2.05, 4.69) is 10.4 Å². The van der Waals surface area contributed by atoms with E-state index in [1.807, 2.05) is 19.4 Å². The molecule has 0 unspecified atom stereocenters. The summed E-state index contributed by atoms with van der Waals surface area (Å²) in [7, 11) is 3.32. The van der Waals surface area contributed by atoms with Crippen molar-refractivity contribution in [2.45, 2.75) is 13.0 Å². The van der Waals surface area contributed by atoms with Crippen LogP contribution in [-0.4, -0.2) is 28.4 Å². The molecule has 0 fully saturated rings. The molecule has 0 aliphatic carbocycles. The molecule has 0 atom stereocenters. The second-order valence-electron chi connectivity index (χ2n) is 4.71. The lowest BCUT2D eigenvalue weighted by Crippen LogP contribution is -2.16. The van der Waals surface area contributed by atoms with Crippen molar-refractivity contribution in [3.05, 3.63) is 51.8 Å². The van der Waals surface area contributed by atoms with Gasteiger partial charge < -0.3 is 10.1 Å². The predicted octanol–water partition coefficient (Wildman–Crippen LogP) is 1.67. The summed E-state index contributed by atoms with van der Waals surface area (Å²) in [5.74, 6) is 0.284. The number of hydrogen-bond acceptors (Lipinski definition) is 5. The zero-order valence-electron chi connectivity index (χ0n) is 12.1. The lowest BCUT2D eigenvalue weighted by molar-refractivity contribution is -0.385. The van der Waals surface area contributed by atoms with Crippen LogP contribution in [0.3, 0.4) is 0 Å². The number of rotatable bonds is 7.